The van der Waals surface area contributed by atoms with Gasteiger partial charge in [-0.3, -0.25) is 0 Å². The summed E-state index contributed by atoms with van der Waals surface area (Å²) in [5, 5.41) is 0. The molecule has 1 fully saturated rings. The van der Waals surface area contributed by atoms with E-state index < -0.39 is 0 Å². The second-order valence-corrected chi connectivity index (χ2v) is 4.26. The summed E-state index contributed by atoms with van der Waals surface area (Å²) in [6, 6.07) is 0.303. The standard InChI is InChI=1S/C13H20N2O2.C2H6/c1-3-10(14)7-13-12(4-2)15-5-6-16-8-11(15)9-17-13;1-2/h4,7,11H,2-3,5-6,8-9,14H2,1H3;1-2H3/b10-7+;. The third-order valence-electron chi connectivity index (χ3n) is 3.14. The second kappa shape index (κ2) is 7.89. The number of hydrogen-bond acceptors (Lipinski definition) is 4. The van der Waals surface area contributed by atoms with Crippen LogP contribution in [0.3, 0.4) is 0 Å². The number of nitrogens with two attached hydrogens (primary N) is 1. The molecule has 2 aliphatic heterocycles. The Bertz CT molecular complexity index is 361. The van der Waals surface area contributed by atoms with Crippen molar-refractivity contribution in [1.29, 1.82) is 0 Å². The normalized spacial score (nSPS) is 23.0. The van der Waals surface area contributed by atoms with Gasteiger partial charge in [0.2, 0.25) is 0 Å². The van der Waals surface area contributed by atoms with Gasteiger partial charge in [0.15, 0.2) is 0 Å². The molecule has 2 aliphatic rings. The molecule has 0 radical (unpaired) electrons. The van der Waals surface area contributed by atoms with Crippen molar-refractivity contribution in [3.05, 3.63) is 35.9 Å². The zero-order valence-electron chi connectivity index (χ0n) is 12.3. The van der Waals surface area contributed by atoms with E-state index in [9.17, 15) is 0 Å². The molecule has 2 heterocycles. The van der Waals surface area contributed by atoms with Crippen LogP contribution in [-0.4, -0.2) is 37.3 Å². The van der Waals surface area contributed by atoms with Crippen LogP contribution in [-0.2, 0) is 9.47 Å². The summed E-state index contributed by atoms with van der Waals surface area (Å²) >= 11 is 0. The highest BCUT2D eigenvalue weighted by Gasteiger charge is 2.30. The average molecular weight is 266 g/mol. The number of allylic oxidation sites excluding steroid dienone is 3. The maximum Gasteiger partial charge on any atom is 0.144 e. The highest BCUT2D eigenvalue weighted by atomic mass is 16.5. The summed E-state index contributed by atoms with van der Waals surface area (Å²) in [7, 11) is 0. The summed E-state index contributed by atoms with van der Waals surface area (Å²) in [5.41, 5.74) is 7.71. The van der Waals surface area contributed by atoms with Crippen LogP contribution in [0.25, 0.3) is 0 Å². The Hall–Kier alpha value is -1.42. The number of nitrogens with zero attached hydrogens (tertiary/aromatic N) is 1. The molecule has 0 aromatic heterocycles. The minimum atomic E-state index is 0.303. The number of morpholine rings is 1. The molecule has 4 heteroatoms. The van der Waals surface area contributed by atoms with Gasteiger partial charge in [0.05, 0.1) is 25.0 Å². The van der Waals surface area contributed by atoms with Crippen LogP contribution in [0.2, 0.25) is 0 Å². The first-order valence-corrected chi connectivity index (χ1v) is 7.06. The molecule has 2 N–H and O–H groups in total. The molecule has 0 bridgehead atoms. The van der Waals surface area contributed by atoms with E-state index >= 15 is 0 Å². The number of hydrogen-bond donors (Lipinski definition) is 1. The number of fused-ring (bicyclic) bond motifs is 1. The van der Waals surface area contributed by atoms with Crippen molar-refractivity contribution in [1.82, 2.24) is 4.90 Å². The van der Waals surface area contributed by atoms with Gasteiger partial charge in [0.1, 0.15) is 12.4 Å². The largest absolute Gasteiger partial charge is 0.489 e. The zero-order chi connectivity index (χ0) is 14.3. The average Bonchev–Trinajstić information content (AvgIpc) is 2.49. The summed E-state index contributed by atoms with van der Waals surface area (Å²) in [6.45, 7) is 12.9. The summed E-state index contributed by atoms with van der Waals surface area (Å²) in [4.78, 5) is 2.30. The van der Waals surface area contributed by atoms with Crippen LogP contribution in [0.1, 0.15) is 27.2 Å². The highest BCUT2D eigenvalue weighted by Crippen LogP contribution is 2.26. The number of rotatable bonds is 3. The van der Waals surface area contributed by atoms with E-state index in [-0.39, 0.29) is 0 Å². The van der Waals surface area contributed by atoms with Crippen molar-refractivity contribution in [3.63, 3.8) is 0 Å². The molecule has 108 valence electrons. The van der Waals surface area contributed by atoms with Crippen molar-refractivity contribution >= 4 is 0 Å². The molecule has 19 heavy (non-hydrogen) atoms. The Morgan fingerprint density at radius 2 is 2.21 bits per heavy atom. The Morgan fingerprint density at radius 3 is 2.84 bits per heavy atom. The maximum atomic E-state index is 5.86. The first-order valence-electron chi connectivity index (χ1n) is 7.06. The molecule has 0 amide bonds. The Kier molecular flexibility index (Phi) is 6.50. The second-order valence-electron chi connectivity index (χ2n) is 4.26. The van der Waals surface area contributed by atoms with Crippen molar-refractivity contribution in [2.75, 3.05) is 26.4 Å². The molecule has 4 nitrogen and oxygen atoms in total. The Labute approximate surface area is 116 Å². The van der Waals surface area contributed by atoms with E-state index in [0.717, 1.165) is 43.3 Å². The van der Waals surface area contributed by atoms with E-state index in [1.54, 1.807) is 0 Å². The van der Waals surface area contributed by atoms with Crippen molar-refractivity contribution in [3.8, 4) is 0 Å². The fourth-order valence-corrected chi connectivity index (χ4v) is 2.12. The number of ether oxygens (including phenoxy) is 2. The minimum absolute atomic E-state index is 0.303. The lowest BCUT2D eigenvalue weighted by molar-refractivity contribution is -0.0319. The van der Waals surface area contributed by atoms with Crippen molar-refractivity contribution in [2.45, 2.75) is 33.2 Å². The SMILES string of the molecule is C=CC1=C(/C=C(/N)CC)OCC2COCCN12.CC. The first-order chi connectivity index (χ1) is 9.26. The first kappa shape index (κ1) is 15.6. The summed E-state index contributed by atoms with van der Waals surface area (Å²) in [5.74, 6) is 0.831. The fraction of sp³-hybridized carbons (Fsp3) is 0.600. The van der Waals surface area contributed by atoms with Gasteiger partial charge in [-0.15, -0.1) is 0 Å². The predicted molar refractivity (Wildman–Crippen MR) is 78.4 cm³/mol. The fourth-order valence-electron chi connectivity index (χ4n) is 2.12. The van der Waals surface area contributed by atoms with E-state index in [2.05, 4.69) is 11.5 Å². The topological polar surface area (TPSA) is 47.7 Å². The molecule has 0 aliphatic carbocycles. The Balaban J connectivity index is 0.000000861. The van der Waals surface area contributed by atoms with Gasteiger partial charge in [-0.05, 0) is 12.5 Å². The quantitative estimate of drug-likeness (QED) is 0.852. The van der Waals surface area contributed by atoms with Crippen LogP contribution in [0.4, 0.5) is 0 Å². The van der Waals surface area contributed by atoms with Gasteiger partial charge in [-0.1, -0.05) is 27.4 Å². The van der Waals surface area contributed by atoms with Gasteiger partial charge in [-0.2, -0.15) is 0 Å². The van der Waals surface area contributed by atoms with E-state index in [4.69, 9.17) is 15.2 Å². The molecule has 1 atom stereocenters. The highest BCUT2D eigenvalue weighted by molar-refractivity contribution is 5.31. The molecule has 2 rings (SSSR count). The molecule has 0 aromatic rings. The van der Waals surface area contributed by atoms with E-state index in [0.29, 0.717) is 12.6 Å². The van der Waals surface area contributed by atoms with Gasteiger partial charge >= 0.3 is 0 Å². The van der Waals surface area contributed by atoms with Crippen LogP contribution in [0.15, 0.2) is 35.9 Å². The van der Waals surface area contributed by atoms with Crippen LogP contribution >= 0.6 is 0 Å². The van der Waals surface area contributed by atoms with Crippen molar-refractivity contribution < 1.29 is 9.47 Å². The summed E-state index contributed by atoms with van der Waals surface area (Å²) in [6.07, 6.45) is 4.57. The lowest BCUT2D eigenvalue weighted by atomic mass is 10.1. The zero-order valence-corrected chi connectivity index (χ0v) is 12.3. The molecule has 0 aromatic carbocycles. The molecular formula is C15H26N2O2. The maximum absolute atomic E-state index is 5.86. The van der Waals surface area contributed by atoms with Gasteiger partial charge < -0.3 is 20.1 Å². The van der Waals surface area contributed by atoms with Crippen LogP contribution in [0.5, 0.6) is 0 Å². The van der Waals surface area contributed by atoms with E-state index in [1.165, 1.54) is 0 Å². The molecule has 1 saturated heterocycles. The third-order valence-corrected chi connectivity index (χ3v) is 3.14. The monoisotopic (exact) mass is 266 g/mol. The molecule has 0 saturated carbocycles. The predicted octanol–water partition coefficient (Wildman–Crippen LogP) is 2.39. The molecular weight excluding hydrogens is 240 g/mol. The smallest absolute Gasteiger partial charge is 0.144 e. The van der Waals surface area contributed by atoms with Gasteiger partial charge in [0, 0.05) is 18.3 Å². The molecule has 0 spiro atoms. The lowest BCUT2D eigenvalue weighted by Gasteiger charge is -2.41. The van der Waals surface area contributed by atoms with Crippen LogP contribution in [0, 0.1) is 0 Å². The minimum Gasteiger partial charge on any atom is -0.489 e. The lowest BCUT2D eigenvalue weighted by Crippen LogP contribution is -2.49. The third kappa shape index (κ3) is 3.77. The van der Waals surface area contributed by atoms with Crippen molar-refractivity contribution in [2.24, 2.45) is 5.73 Å². The van der Waals surface area contributed by atoms with E-state index in [1.807, 2.05) is 32.9 Å². The van der Waals surface area contributed by atoms with Crippen LogP contribution < -0.4 is 5.73 Å². The van der Waals surface area contributed by atoms with Gasteiger partial charge in [-0.25, -0.2) is 0 Å². The Morgan fingerprint density at radius 1 is 1.47 bits per heavy atom. The molecule has 1 unspecified atom stereocenters. The summed E-state index contributed by atoms with van der Waals surface area (Å²) < 4.78 is 11.2. The van der Waals surface area contributed by atoms with Gasteiger partial charge in [0.25, 0.3) is 0 Å².